The van der Waals surface area contributed by atoms with Gasteiger partial charge in [0.2, 0.25) is 5.91 Å². The first kappa shape index (κ1) is 17.4. The van der Waals surface area contributed by atoms with Gasteiger partial charge in [0.05, 0.1) is 11.6 Å². The Bertz CT molecular complexity index is 889. The summed E-state index contributed by atoms with van der Waals surface area (Å²) in [6.07, 6.45) is 0. The molecular formula is C19H16Cl2N2O2. The van der Waals surface area contributed by atoms with Crippen molar-refractivity contribution in [2.24, 2.45) is 0 Å². The fourth-order valence-electron chi connectivity index (χ4n) is 2.37. The Kier molecular flexibility index (Phi) is 5.31. The molecule has 0 saturated carbocycles. The Labute approximate surface area is 155 Å². The standard InChI is InChI=1S/C19H16Cl2N2O2/c1-12(24)23-15-5-3-14(4-6-15)22-11-16-7-9-19(25-16)17-10-13(20)2-8-18(17)21/h2-10,22H,11H2,1H3,(H,23,24). The molecule has 2 aromatic carbocycles. The third-order valence-electron chi connectivity index (χ3n) is 3.53. The maximum atomic E-state index is 11.0. The summed E-state index contributed by atoms with van der Waals surface area (Å²) in [5.41, 5.74) is 2.45. The SMILES string of the molecule is CC(=O)Nc1ccc(NCc2ccc(-c3cc(Cl)ccc3Cl)o2)cc1. The number of hydrogen-bond donors (Lipinski definition) is 2. The lowest BCUT2D eigenvalue weighted by Gasteiger charge is -2.07. The number of halogens is 2. The minimum Gasteiger partial charge on any atom is -0.459 e. The fraction of sp³-hybridized carbons (Fsp3) is 0.105. The summed E-state index contributed by atoms with van der Waals surface area (Å²) in [5, 5.41) is 7.19. The molecular weight excluding hydrogens is 359 g/mol. The molecule has 1 heterocycles. The Morgan fingerprint density at radius 2 is 1.72 bits per heavy atom. The smallest absolute Gasteiger partial charge is 0.221 e. The lowest BCUT2D eigenvalue weighted by atomic mass is 10.2. The number of hydrogen-bond acceptors (Lipinski definition) is 3. The van der Waals surface area contributed by atoms with E-state index in [1.165, 1.54) is 6.92 Å². The lowest BCUT2D eigenvalue weighted by Crippen LogP contribution is -2.05. The van der Waals surface area contributed by atoms with E-state index in [9.17, 15) is 4.79 Å². The van der Waals surface area contributed by atoms with Crippen LogP contribution < -0.4 is 10.6 Å². The van der Waals surface area contributed by atoms with Crippen LogP contribution in [0.2, 0.25) is 10.0 Å². The second-order valence-corrected chi connectivity index (χ2v) is 6.35. The summed E-state index contributed by atoms with van der Waals surface area (Å²) in [5.74, 6) is 1.35. The van der Waals surface area contributed by atoms with E-state index in [2.05, 4.69) is 10.6 Å². The molecule has 0 unspecified atom stereocenters. The van der Waals surface area contributed by atoms with Crippen molar-refractivity contribution in [2.45, 2.75) is 13.5 Å². The molecule has 0 atom stereocenters. The molecule has 0 bridgehead atoms. The third-order valence-corrected chi connectivity index (χ3v) is 4.09. The van der Waals surface area contributed by atoms with Gasteiger partial charge < -0.3 is 15.1 Å². The Balaban J connectivity index is 1.66. The van der Waals surface area contributed by atoms with Crippen LogP contribution in [0.4, 0.5) is 11.4 Å². The Morgan fingerprint density at radius 1 is 1.00 bits per heavy atom. The summed E-state index contributed by atoms with van der Waals surface area (Å²) in [6, 6.07) is 16.5. The van der Waals surface area contributed by atoms with Crippen molar-refractivity contribution in [1.29, 1.82) is 0 Å². The van der Waals surface area contributed by atoms with Crippen molar-refractivity contribution in [1.82, 2.24) is 0 Å². The van der Waals surface area contributed by atoms with Gasteiger partial charge in [-0.15, -0.1) is 0 Å². The second kappa shape index (κ2) is 7.64. The monoisotopic (exact) mass is 374 g/mol. The first-order chi connectivity index (χ1) is 12.0. The summed E-state index contributed by atoms with van der Waals surface area (Å²) < 4.78 is 5.84. The van der Waals surface area contributed by atoms with Crippen molar-refractivity contribution in [3.05, 3.63) is 70.4 Å². The molecule has 0 aliphatic heterocycles. The fourth-order valence-corrected chi connectivity index (χ4v) is 2.75. The highest BCUT2D eigenvalue weighted by molar-refractivity contribution is 6.35. The quantitative estimate of drug-likeness (QED) is 0.591. The molecule has 1 amide bonds. The Morgan fingerprint density at radius 3 is 2.44 bits per heavy atom. The Hall–Kier alpha value is -2.43. The van der Waals surface area contributed by atoms with Crippen molar-refractivity contribution >= 4 is 40.5 Å². The highest BCUT2D eigenvalue weighted by Crippen LogP contribution is 2.32. The van der Waals surface area contributed by atoms with Crippen LogP contribution in [0.1, 0.15) is 12.7 Å². The zero-order valence-corrected chi connectivity index (χ0v) is 15.0. The molecule has 6 heteroatoms. The van der Waals surface area contributed by atoms with Gasteiger partial charge >= 0.3 is 0 Å². The topological polar surface area (TPSA) is 54.3 Å². The van der Waals surface area contributed by atoms with Crippen molar-refractivity contribution in [2.75, 3.05) is 10.6 Å². The molecule has 0 saturated heterocycles. The number of amides is 1. The van der Waals surface area contributed by atoms with E-state index in [1.807, 2.05) is 36.4 Å². The summed E-state index contributed by atoms with van der Waals surface area (Å²) in [6.45, 7) is 2.00. The molecule has 25 heavy (non-hydrogen) atoms. The first-order valence-corrected chi connectivity index (χ1v) is 8.42. The molecule has 0 aliphatic carbocycles. The number of nitrogens with one attached hydrogen (secondary N) is 2. The molecule has 3 rings (SSSR count). The maximum absolute atomic E-state index is 11.0. The molecule has 0 aliphatic rings. The first-order valence-electron chi connectivity index (χ1n) is 7.67. The van der Waals surface area contributed by atoms with E-state index in [4.69, 9.17) is 27.6 Å². The summed E-state index contributed by atoms with van der Waals surface area (Å²) in [4.78, 5) is 11.0. The minimum atomic E-state index is -0.0940. The zero-order valence-electron chi connectivity index (χ0n) is 13.5. The molecule has 0 radical (unpaired) electrons. The predicted octanol–water partition coefficient (Wildman–Crippen LogP) is 5.82. The molecule has 1 aromatic heterocycles. The summed E-state index contributed by atoms with van der Waals surface area (Å²) >= 11 is 12.2. The van der Waals surface area contributed by atoms with Crippen LogP contribution in [0.25, 0.3) is 11.3 Å². The normalized spacial score (nSPS) is 10.5. The maximum Gasteiger partial charge on any atom is 0.221 e. The van der Waals surface area contributed by atoms with E-state index in [1.54, 1.807) is 18.2 Å². The molecule has 4 nitrogen and oxygen atoms in total. The van der Waals surface area contributed by atoms with E-state index in [0.29, 0.717) is 22.4 Å². The van der Waals surface area contributed by atoms with Crippen molar-refractivity contribution < 1.29 is 9.21 Å². The highest BCUT2D eigenvalue weighted by Gasteiger charge is 2.09. The van der Waals surface area contributed by atoms with Crippen LogP contribution in [0.15, 0.2) is 59.0 Å². The van der Waals surface area contributed by atoms with Crippen LogP contribution in [-0.4, -0.2) is 5.91 Å². The molecule has 0 fully saturated rings. The van der Waals surface area contributed by atoms with Crippen LogP contribution in [-0.2, 0) is 11.3 Å². The van der Waals surface area contributed by atoms with Gasteiger partial charge in [-0.05, 0) is 54.6 Å². The van der Waals surface area contributed by atoms with Crippen LogP contribution in [0, 0.1) is 0 Å². The van der Waals surface area contributed by atoms with E-state index in [-0.39, 0.29) is 5.91 Å². The predicted molar refractivity (Wildman–Crippen MR) is 102 cm³/mol. The zero-order chi connectivity index (χ0) is 17.8. The molecule has 3 aromatic rings. The molecule has 2 N–H and O–H groups in total. The number of anilines is 2. The highest BCUT2D eigenvalue weighted by atomic mass is 35.5. The number of benzene rings is 2. The average Bonchev–Trinajstić information content (AvgIpc) is 3.05. The van der Waals surface area contributed by atoms with Gasteiger partial charge in [-0.2, -0.15) is 0 Å². The lowest BCUT2D eigenvalue weighted by molar-refractivity contribution is -0.114. The van der Waals surface area contributed by atoms with Gasteiger partial charge in [-0.3, -0.25) is 4.79 Å². The number of carbonyl (C=O) groups is 1. The number of rotatable bonds is 5. The summed E-state index contributed by atoms with van der Waals surface area (Å²) in [7, 11) is 0. The van der Waals surface area contributed by atoms with Gasteiger partial charge in [-0.25, -0.2) is 0 Å². The van der Waals surface area contributed by atoms with Gasteiger partial charge in [0, 0.05) is 28.9 Å². The van der Waals surface area contributed by atoms with Crippen LogP contribution >= 0.6 is 23.2 Å². The minimum absolute atomic E-state index is 0.0940. The van der Waals surface area contributed by atoms with Gasteiger partial charge in [0.15, 0.2) is 0 Å². The van der Waals surface area contributed by atoms with Gasteiger partial charge in [0.25, 0.3) is 0 Å². The number of furan rings is 1. The van der Waals surface area contributed by atoms with E-state index in [0.717, 1.165) is 22.7 Å². The second-order valence-electron chi connectivity index (χ2n) is 5.50. The van der Waals surface area contributed by atoms with Gasteiger partial charge in [-0.1, -0.05) is 23.2 Å². The molecule has 0 spiro atoms. The largest absolute Gasteiger partial charge is 0.459 e. The van der Waals surface area contributed by atoms with Gasteiger partial charge in [0.1, 0.15) is 11.5 Å². The van der Waals surface area contributed by atoms with Crippen LogP contribution in [0.3, 0.4) is 0 Å². The van der Waals surface area contributed by atoms with Crippen molar-refractivity contribution in [3.8, 4) is 11.3 Å². The van der Waals surface area contributed by atoms with E-state index >= 15 is 0 Å². The average molecular weight is 375 g/mol. The van der Waals surface area contributed by atoms with E-state index < -0.39 is 0 Å². The number of carbonyl (C=O) groups excluding carboxylic acids is 1. The third kappa shape index (κ3) is 4.56. The molecule has 128 valence electrons. The van der Waals surface area contributed by atoms with Crippen LogP contribution in [0.5, 0.6) is 0 Å². The van der Waals surface area contributed by atoms with Crippen molar-refractivity contribution in [3.63, 3.8) is 0 Å².